The Morgan fingerprint density at radius 1 is 1.33 bits per heavy atom. The van der Waals surface area contributed by atoms with Crippen LogP contribution in [0.25, 0.3) is 0 Å². The molecule has 21 heavy (non-hydrogen) atoms. The molecule has 0 radical (unpaired) electrons. The molecular weight excluding hydrogens is 278 g/mol. The van der Waals surface area contributed by atoms with E-state index in [4.69, 9.17) is 0 Å². The minimum absolute atomic E-state index is 0.893. The van der Waals surface area contributed by atoms with Gasteiger partial charge in [0.25, 0.3) is 0 Å². The van der Waals surface area contributed by atoms with Crippen molar-refractivity contribution < 1.29 is 0 Å². The number of piperidine rings is 1. The van der Waals surface area contributed by atoms with Gasteiger partial charge < -0.3 is 10.2 Å². The molecule has 3 nitrogen and oxygen atoms in total. The Bertz CT molecular complexity index is 420. The van der Waals surface area contributed by atoms with E-state index in [1.54, 1.807) is 5.56 Å². The van der Waals surface area contributed by atoms with E-state index in [0.29, 0.717) is 0 Å². The van der Waals surface area contributed by atoms with E-state index in [1.165, 1.54) is 42.2 Å². The highest BCUT2D eigenvalue weighted by Crippen LogP contribution is 2.25. The van der Waals surface area contributed by atoms with Crippen LogP contribution in [-0.2, 0) is 13.1 Å². The van der Waals surface area contributed by atoms with Gasteiger partial charge >= 0.3 is 0 Å². The van der Waals surface area contributed by atoms with Crippen molar-refractivity contribution >= 4 is 11.3 Å². The van der Waals surface area contributed by atoms with E-state index in [9.17, 15) is 0 Å². The average Bonchev–Trinajstić information content (AvgIpc) is 2.78. The molecule has 0 atom stereocenters. The van der Waals surface area contributed by atoms with Crippen LogP contribution in [0, 0.1) is 12.8 Å². The van der Waals surface area contributed by atoms with Gasteiger partial charge in [0.2, 0.25) is 0 Å². The van der Waals surface area contributed by atoms with Gasteiger partial charge in [-0.05, 0) is 71.0 Å². The summed E-state index contributed by atoms with van der Waals surface area (Å²) in [5, 5.41) is 3.42. The molecule has 2 heterocycles. The van der Waals surface area contributed by atoms with Crippen molar-refractivity contribution in [2.75, 3.05) is 40.3 Å². The van der Waals surface area contributed by atoms with Crippen LogP contribution < -0.4 is 5.32 Å². The maximum absolute atomic E-state index is 3.42. The molecule has 2 rings (SSSR count). The Morgan fingerprint density at radius 3 is 2.67 bits per heavy atom. The van der Waals surface area contributed by atoms with Gasteiger partial charge in [-0.25, -0.2) is 0 Å². The average molecular weight is 310 g/mol. The summed E-state index contributed by atoms with van der Waals surface area (Å²) in [6, 6.07) is 2.41. The molecule has 1 aromatic heterocycles. The van der Waals surface area contributed by atoms with E-state index in [2.05, 4.69) is 49.1 Å². The molecule has 0 bridgehead atoms. The summed E-state index contributed by atoms with van der Waals surface area (Å²) in [6.45, 7) is 11.4. The SMILES string of the molecule is CCNCc1cc(CN2CCC(CN(C)C)CC2)c(C)s1. The zero-order chi connectivity index (χ0) is 15.2. The summed E-state index contributed by atoms with van der Waals surface area (Å²) in [5.41, 5.74) is 1.54. The van der Waals surface area contributed by atoms with Crippen LogP contribution in [0.4, 0.5) is 0 Å². The fourth-order valence-corrected chi connectivity index (χ4v) is 4.19. The van der Waals surface area contributed by atoms with Crippen LogP contribution in [0.5, 0.6) is 0 Å². The number of likely N-dealkylation sites (tertiary alicyclic amines) is 1. The van der Waals surface area contributed by atoms with Crippen molar-refractivity contribution in [3.8, 4) is 0 Å². The second-order valence-electron chi connectivity index (χ2n) is 6.56. The van der Waals surface area contributed by atoms with Crippen molar-refractivity contribution in [3.63, 3.8) is 0 Å². The van der Waals surface area contributed by atoms with Crippen LogP contribution in [0.15, 0.2) is 6.07 Å². The fraction of sp³-hybridized carbons (Fsp3) is 0.765. The van der Waals surface area contributed by atoms with Gasteiger partial charge in [0.05, 0.1) is 0 Å². The summed E-state index contributed by atoms with van der Waals surface area (Å²) in [7, 11) is 4.37. The summed E-state index contributed by atoms with van der Waals surface area (Å²) in [4.78, 5) is 7.94. The lowest BCUT2D eigenvalue weighted by molar-refractivity contribution is 0.157. The molecule has 0 aliphatic carbocycles. The lowest BCUT2D eigenvalue weighted by atomic mass is 9.96. The number of rotatable bonds is 7. The molecule has 1 aromatic rings. The first-order valence-corrected chi connectivity index (χ1v) is 9.06. The lowest BCUT2D eigenvalue weighted by Gasteiger charge is -2.33. The summed E-state index contributed by atoms with van der Waals surface area (Å²) >= 11 is 1.96. The third kappa shape index (κ3) is 5.37. The highest BCUT2D eigenvalue weighted by Gasteiger charge is 2.20. The molecule has 1 saturated heterocycles. The first-order chi connectivity index (χ1) is 10.1. The molecule has 1 N–H and O–H groups in total. The number of nitrogens with zero attached hydrogens (tertiary/aromatic N) is 2. The minimum atomic E-state index is 0.893. The van der Waals surface area contributed by atoms with Crippen LogP contribution in [0.1, 0.15) is 35.1 Å². The summed E-state index contributed by atoms with van der Waals surface area (Å²) in [6.07, 6.45) is 2.71. The zero-order valence-corrected chi connectivity index (χ0v) is 14.9. The fourth-order valence-electron chi connectivity index (χ4n) is 3.16. The van der Waals surface area contributed by atoms with Crippen molar-refractivity contribution in [1.29, 1.82) is 0 Å². The third-order valence-corrected chi connectivity index (χ3v) is 5.44. The molecule has 1 aliphatic heterocycles. The molecule has 1 aliphatic rings. The predicted molar refractivity (Wildman–Crippen MR) is 93.0 cm³/mol. The molecule has 0 aromatic carbocycles. The van der Waals surface area contributed by atoms with Crippen molar-refractivity contribution in [2.24, 2.45) is 5.92 Å². The number of hydrogen-bond donors (Lipinski definition) is 1. The monoisotopic (exact) mass is 309 g/mol. The van der Waals surface area contributed by atoms with Crippen molar-refractivity contribution in [3.05, 3.63) is 21.4 Å². The predicted octanol–water partition coefficient (Wildman–Crippen LogP) is 2.94. The van der Waals surface area contributed by atoms with Gasteiger partial charge in [-0.1, -0.05) is 6.92 Å². The molecule has 120 valence electrons. The first-order valence-electron chi connectivity index (χ1n) is 8.24. The topological polar surface area (TPSA) is 18.5 Å². The highest BCUT2D eigenvalue weighted by molar-refractivity contribution is 7.12. The lowest BCUT2D eigenvalue weighted by Crippen LogP contribution is -2.36. The first kappa shape index (κ1) is 16.9. The van der Waals surface area contributed by atoms with Gasteiger partial charge in [-0.2, -0.15) is 0 Å². The van der Waals surface area contributed by atoms with Crippen LogP contribution >= 0.6 is 11.3 Å². The number of hydrogen-bond acceptors (Lipinski definition) is 4. The van der Waals surface area contributed by atoms with E-state index < -0.39 is 0 Å². The Labute approximate surface area is 134 Å². The minimum Gasteiger partial charge on any atom is -0.312 e. The Kier molecular flexibility index (Phi) is 6.68. The van der Waals surface area contributed by atoms with Gasteiger partial charge in [-0.15, -0.1) is 11.3 Å². The standard InChI is InChI=1S/C17H31N3S/c1-5-18-11-17-10-16(14(2)21-17)13-20-8-6-15(7-9-20)12-19(3)4/h10,15,18H,5-9,11-13H2,1-4H3. The summed E-state index contributed by atoms with van der Waals surface area (Å²) < 4.78 is 0. The maximum Gasteiger partial charge on any atom is 0.0299 e. The van der Waals surface area contributed by atoms with E-state index in [-0.39, 0.29) is 0 Å². The molecule has 0 unspecified atom stereocenters. The van der Waals surface area contributed by atoms with Gasteiger partial charge in [0, 0.05) is 29.4 Å². The van der Waals surface area contributed by atoms with E-state index in [0.717, 1.165) is 25.6 Å². The molecular formula is C17H31N3S. The third-order valence-electron chi connectivity index (χ3n) is 4.35. The van der Waals surface area contributed by atoms with Crippen LogP contribution in [0.2, 0.25) is 0 Å². The van der Waals surface area contributed by atoms with Crippen LogP contribution in [-0.4, -0.2) is 50.1 Å². The Morgan fingerprint density at radius 2 is 2.05 bits per heavy atom. The molecule has 1 fully saturated rings. The smallest absolute Gasteiger partial charge is 0.0299 e. The number of aryl methyl sites for hydroxylation is 1. The molecule has 0 amide bonds. The number of thiophene rings is 1. The van der Waals surface area contributed by atoms with Gasteiger partial charge in [0.15, 0.2) is 0 Å². The zero-order valence-electron chi connectivity index (χ0n) is 14.1. The normalized spacial score (nSPS) is 17.8. The second-order valence-corrected chi connectivity index (χ2v) is 7.90. The van der Waals surface area contributed by atoms with Gasteiger partial charge in [-0.3, -0.25) is 4.90 Å². The Hall–Kier alpha value is -0.420. The quantitative estimate of drug-likeness (QED) is 0.835. The largest absolute Gasteiger partial charge is 0.312 e. The maximum atomic E-state index is 3.42. The van der Waals surface area contributed by atoms with Gasteiger partial charge in [0.1, 0.15) is 0 Å². The number of nitrogens with one attached hydrogen (secondary N) is 1. The van der Waals surface area contributed by atoms with E-state index >= 15 is 0 Å². The second kappa shape index (κ2) is 8.28. The van der Waals surface area contributed by atoms with Crippen molar-refractivity contribution in [1.82, 2.24) is 15.1 Å². The highest BCUT2D eigenvalue weighted by atomic mass is 32.1. The molecule has 0 saturated carbocycles. The Balaban J connectivity index is 1.81. The van der Waals surface area contributed by atoms with Crippen LogP contribution in [0.3, 0.4) is 0 Å². The van der Waals surface area contributed by atoms with E-state index in [1.807, 2.05) is 11.3 Å². The van der Waals surface area contributed by atoms with Crippen molar-refractivity contribution in [2.45, 2.75) is 39.8 Å². The molecule has 4 heteroatoms. The summed E-state index contributed by atoms with van der Waals surface area (Å²) in [5.74, 6) is 0.893. The molecule has 0 spiro atoms.